The molecule has 0 heterocycles. The fourth-order valence-electron chi connectivity index (χ4n) is 2.29. The zero-order valence-electron chi connectivity index (χ0n) is 17.6. The van der Waals surface area contributed by atoms with Crippen molar-refractivity contribution in [2.24, 2.45) is 0 Å². The number of unbranched alkanes of at least 4 members (excludes halogenated alkanes) is 8. The van der Waals surface area contributed by atoms with E-state index >= 15 is 0 Å². The Hall–Kier alpha value is -1.06. The summed E-state index contributed by atoms with van der Waals surface area (Å²) in [4.78, 5) is 0. The van der Waals surface area contributed by atoms with Crippen LogP contribution in [-0.2, 0) is 9.47 Å². The van der Waals surface area contributed by atoms with E-state index in [0.29, 0.717) is 6.61 Å². The van der Waals surface area contributed by atoms with E-state index in [4.69, 9.17) is 14.6 Å². The standard InChI is InChI=1S/C16H30O.C7H14O2/c1-3-5-7-9-11-13-15-17-16-14-12-10-8-6-4-2;1-3-5-7(6-8)9-4-2/h13-16H,3-12H2,1-2H3;3,7-8H,1,4-6H2,2H3. The molecule has 0 bridgehead atoms. The molecule has 1 unspecified atom stereocenters. The molecule has 154 valence electrons. The topological polar surface area (TPSA) is 38.7 Å². The van der Waals surface area contributed by atoms with Gasteiger partial charge >= 0.3 is 0 Å². The SMILES string of the molecule is C=CCC(CO)OCC.CCCCCCC=COC=CCCCCCC. The second kappa shape index (κ2) is 26.2. The zero-order chi connectivity index (χ0) is 19.7. The molecule has 0 amide bonds. The fraction of sp³-hybridized carbons (Fsp3) is 0.739. The van der Waals surface area contributed by atoms with Crippen molar-refractivity contribution in [2.45, 2.75) is 97.5 Å². The lowest BCUT2D eigenvalue weighted by Gasteiger charge is -2.10. The monoisotopic (exact) mass is 368 g/mol. The highest BCUT2D eigenvalue weighted by Gasteiger charge is 2.01. The molecule has 0 rings (SSSR count). The molecule has 0 aromatic carbocycles. The van der Waals surface area contributed by atoms with Crippen molar-refractivity contribution in [1.82, 2.24) is 0 Å². The summed E-state index contributed by atoms with van der Waals surface area (Å²) in [6.45, 7) is 10.7. The van der Waals surface area contributed by atoms with Crippen LogP contribution < -0.4 is 0 Å². The van der Waals surface area contributed by atoms with Gasteiger partial charge in [-0.15, -0.1) is 6.58 Å². The van der Waals surface area contributed by atoms with Gasteiger partial charge in [0.05, 0.1) is 25.2 Å². The lowest BCUT2D eigenvalue weighted by atomic mass is 10.1. The van der Waals surface area contributed by atoms with Crippen molar-refractivity contribution in [3.05, 3.63) is 37.3 Å². The molecular weight excluding hydrogens is 324 g/mol. The van der Waals surface area contributed by atoms with Crippen LogP contribution in [0.2, 0.25) is 0 Å². The van der Waals surface area contributed by atoms with E-state index < -0.39 is 0 Å². The van der Waals surface area contributed by atoms with E-state index in [2.05, 4.69) is 32.6 Å². The highest BCUT2D eigenvalue weighted by molar-refractivity contribution is 4.79. The molecule has 3 heteroatoms. The van der Waals surface area contributed by atoms with E-state index in [9.17, 15) is 0 Å². The summed E-state index contributed by atoms with van der Waals surface area (Å²) in [5.74, 6) is 0. The number of hydrogen-bond donors (Lipinski definition) is 1. The van der Waals surface area contributed by atoms with Crippen molar-refractivity contribution < 1.29 is 14.6 Å². The predicted molar refractivity (Wildman–Crippen MR) is 114 cm³/mol. The zero-order valence-corrected chi connectivity index (χ0v) is 17.6. The van der Waals surface area contributed by atoms with E-state index in [0.717, 1.165) is 19.3 Å². The Bertz CT molecular complexity index is 291. The molecule has 0 radical (unpaired) electrons. The van der Waals surface area contributed by atoms with Gasteiger partial charge in [0.2, 0.25) is 0 Å². The third kappa shape index (κ3) is 25.2. The molecule has 0 fully saturated rings. The summed E-state index contributed by atoms with van der Waals surface area (Å²) in [7, 11) is 0. The fourth-order valence-corrected chi connectivity index (χ4v) is 2.29. The smallest absolute Gasteiger partial charge is 0.0861 e. The van der Waals surface area contributed by atoms with Gasteiger partial charge in [0, 0.05) is 6.61 Å². The number of hydrogen-bond acceptors (Lipinski definition) is 3. The Labute approximate surface area is 163 Å². The number of aliphatic hydroxyl groups is 1. The minimum atomic E-state index is -0.0486. The minimum absolute atomic E-state index is 0.0486. The molecule has 0 saturated heterocycles. The Kier molecular flexibility index (Phi) is 27.3. The molecule has 0 spiro atoms. The van der Waals surface area contributed by atoms with Gasteiger partial charge < -0.3 is 14.6 Å². The molecule has 0 aliphatic carbocycles. The molecule has 3 nitrogen and oxygen atoms in total. The van der Waals surface area contributed by atoms with Crippen LogP contribution in [-0.4, -0.2) is 24.4 Å². The quantitative estimate of drug-likeness (QED) is 0.172. The lowest BCUT2D eigenvalue weighted by Crippen LogP contribution is -2.16. The first-order valence-corrected chi connectivity index (χ1v) is 10.5. The van der Waals surface area contributed by atoms with Crippen LogP contribution in [0.3, 0.4) is 0 Å². The summed E-state index contributed by atoms with van der Waals surface area (Å²) in [6.07, 6.45) is 23.2. The van der Waals surface area contributed by atoms with Gasteiger partial charge in [-0.2, -0.15) is 0 Å². The number of aliphatic hydroxyl groups excluding tert-OH is 1. The molecule has 0 aliphatic heterocycles. The van der Waals surface area contributed by atoms with E-state index in [1.165, 1.54) is 51.4 Å². The number of allylic oxidation sites excluding steroid dienone is 2. The van der Waals surface area contributed by atoms with Gasteiger partial charge in [0.1, 0.15) is 0 Å². The van der Waals surface area contributed by atoms with E-state index in [1.807, 2.05) is 19.4 Å². The predicted octanol–water partition coefficient (Wildman–Crippen LogP) is 6.93. The lowest BCUT2D eigenvalue weighted by molar-refractivity contribution is 0.0224. The van der Waals surface area contributed by atoms with Crippen LogP contribution in [0.5, 0.6) is 0 Å². The Morgan fingerprint density at radius 2 is 1.38 bits per heavy atom. The second-order valence-corrected chi connectivity index (χ2v) is 6.36. The number of rotatable bonds is 17. The van der Waals surface area contributed by atoms with Crippen molar-refractivity contribution >= 4 is 0 Å². The third-order valence-electron chi connectivity index (χ3n) is 3.83. The van der Waals surface area contributed by atoms with Gasteiger partial charge in [-0.25, -0.2) is 0 Å². The highest BCUT2D eigenvalue weighted by atomic mass is 16.5. The molecule has 1 N–H and O–H groups in total. The maximum atomic E-state index is 8.62. The third-order valence-corrected chi connectivity index (χ3v) is 3.83. The van der Waals surface area contributed by atoms with Crippen LogP contribution in [0, 0.1) is 0 Å². The van der Waals surface area contributed by atoms with Gasteiger partial charge in [-0.3, -0.25) is 0 Å². The van der Waals surface area contributed by atoms with Crippen molar-refractivity contribution in [2.75, 3.05) is 13.2 Å². The highest BCUT2D eigenvalue weighted by Crippen LogP contribution is 2.04. The van der Waals surface area contributed by atoms with E-state index in [1.54, 1.807) is 6.08 Å². The molecular formula is C23H44O3. The largest absolute Gasteiger partial charge is 0.473 e. The first kappa shape index (κ1) is 27.2. The molecule has 0 saturated carbocycles. The van der Waals surface area contributed by atoms with Crippen LogP contribution in [0.15, 0.2) is 37.3 Å². The molecule has 26 heavy (non-hydrogen) atoms. The maximum Gasteiger partial charge on any atom is 0.0861 e. The van der Waals surface area contributed by atoms with Crippen LogP contribution in [0.4, 0.5) is 0 Å². The molecule has 1 atom stereocenters. The Morgan fingerprint density at radius 1 is 0.846 bits per heavy atom. The first-order valence-electron chi connectivity index (χ1n) is 10.5. The summed E-state index contributed by atoms with van der Waals surface area (Å²) in [5, 5.41) is 8.62. The van der Waals surface area contributed by atoms with Gasteiger partial charge in [0.25, 0.3) is 0 Å². The summed E-state index contributed by atoms with van der Waals surface area (Å²) >= 11 is 0. The van der Waals surface area contributed by atoms with Crippen molar-refractivity contribution in [1.29, 1.82) is 0 Å². The Balaban J connectivity index is 0. The van der Waals surface area contributed by atoms with Crippen LogP contribution >= 0.6 is 0 Å². The number of ether oxygens (including phenoxy) is 2. The normalized spacial score (nSPS) is 12.2. The Morgan fingerprint density at radius 3 is 1.77 bits per heavy atom. The van der Waals surface area contributed by atoms with Crippen LogP contribution in [0.25, 0.3) is 0 Å². The minimum Gasteiger partial charge on any atom is -0.473 e. The summed E-state index contributed by atoms with van der Waals surface area (Å²) in [5.41, 5.74) is 0. The van der Waals surface area contributed by atoms with Gasteiger partial charge in [-0.1, -0.05) is 58.4 Å². The molecule has 0 aromatic rings. The average Bonchev–Trinajstić information content (AvgIpc) is 2.66. The van der Waals surface area contributed by atoms with Crippen molar-refractivity contribution in [3.63, 3.8) is 0 Å². The van der Waals surface area contributed by atoms with E-state index in [-0.39, 0.29) is 12.7 Å². The maximum absolute atomic E-state index is 8.62. The average molecular weight is 369 g/mol. The molecule has 0 aliphatic rings. The van der Waals surface area contributed by atoms with Gasteiger partial charge in [0.15, 0.2) is 0 Å². The first-order chi connectivity index (χ1) is 12.8. The van der Waals surface area contributed by atoms with Crippen molar-refractivity contribution in [3.8, 4) is 0 Å². The van der Waals surface area contributed by atoms with Gasteiger partial charge in [-0.05, 0) is 51.2 Å². The summed E-state index contributed by atoms with van der Waals surface area (Å²) < 4.78 is 10.4. The molecule has 0 aromatic heterocycles. The second-order valence-electron chi connectivity index (χ2n) is 6.36. The van der Waals surface area contributed by atoms with Crippen LogP contribution in [0.1, 0.15) is 91.4 Å². The summed E-state index contributed by atoms with van der Waals surface area (Å²) in [6, 6.07) is 0.